The molecule has 1 aliphatic carbocycles. The molecule has 1 aromatic carbocycles. The zero-order valence-corrected chi connectivity index (χ0v) is 27.2. The molecular formula is C33H48N2O4S2. The van der Waals surface area contributed by atoms with Gasteiger partial charge in [-0.25, -0.2) is 9.59 Å². The van der Waals surface area contributed by atoms with Crippen molar-refractivity contribution in [1.82, 2.24) is 9.80 Å². The number of hydrogen-bond acceptors (Lipinski definition) is 8. The molecule has 4 rings (SSSR count). The average molecular weight is 601 g/mol. The van der Waals surface area contributed by atoms with Crippen molar-refractivity contribution in [3.05, 3.63) is 47.1 Å². The molecule has 2 aliphatic heterocycles. The number of unbranched alkanes of at least 4 members (excludes halogenated alkanes) is 2. The molecule has 0 radical (unpaired) electrons. The smallest absolute Gasteiger partial charge is 0.372 e. The summed E-state index contributed by atoms with van der Waals surface area (Å²) in [6, 6.07) is 5.17. The summed E-state index contributed by atoms with van der Waals surface area (Å²) in [5.41, 5.74) is 4.21. The standard InChI is InChI=1S/C33H48N2O4S2/c1-7-8-9-10-24-18-29(38-32(36)40-15-13-25-20-34(25)5)31(28-17-23(4)11-12-27(28)22(2)3)30(19-24)39-33(37)41-16-14-26-21-35(26)6/h17-19,25-28H,2,7-16,20-21H2,1,3-6H3/t25?,26?,27-,28+,34?,35?/m0/s1. The van der Waals surface area contributed by atoms with Crippen molar-refractivity contribution in [3.63, 3.8) is 0 Å². The normalized spacial score (nSPS) is 26.7. The molecular weight excluding hydrogens is 553 g/mol. The largest absolute Gasteiger partial charge is 0.418 e. The first-order valence-electron chi connectivity index (χ1n) is 15.3. The fourth-order valence-corrected chi connectivity index (χ4v) is 7.18. The zero-order valence-electron chi connectivity index (χ0n) is 25.6. The lowest BCUT2D eigenvalue weighted by molar-refractivity contribution is 0.224. The van der Waals surface area contributed by atoms with Crippen LogP contribution in [0.25, 0.3) is 0 Å². The molecule has 6 nitrogen and oxygen atoms in total. The molecule has 0 saturated carbocycles. The second kappa shape index (κ2) is 15.1. The molecule has 4 unspecified atom stereocenters. The van der Waals surface area contributed by atoms with E-state index < -0.39 is 0 Å². The van der Waals surface area contributed by atoms with Crippen LogP contribution in [0.15, 0.2) is 35.9 Å². The third-order valence-electron chi connectivity index (χ3n) is 8.65. The number of hydrogen-bond donors (Lipinski definition) is 0. The highest BCUT2D eigenvalue weighted by Crippen LogP contribution is 2.48. The Morgan fingerprint density at radius 1 is 0.976 bits per heavy atom. The van der Waals surface area contributed by atoms with E-state index in [2.05, 4.69) is 57.3 Å². The topological polar surface area (TPSA) is 58.6 Å². The van der Waals surface area contributed by atoms with Gasteiger partial charge in [0.25, 0.3) is 0 Å². The zero-order chi connectivity index (χ0) is 29.5. The average Bonchev–Trinajstić information content (AvgIpc) is 3.81. The predicted octanol–water partition coefficient (Wildman–Crippen LogP) is 8.31. The Balaban J connectivity index is 1.63. The lowest BCUT2D eigenvalue weighted by atomic mass is 9.73. The first kappa shape index (κ1) is 32.2. The predicted molar refractivity (Wildman–Crippen MR) is 173 cm³/mol. The van der Waals surface area contributed by atoms with Crippen LogP contribution >= 0.6 is 23.5 Å². The second-order valence-electron chi connectivity index (χ2n) is 12.2. The van der Waals surface area contributed by atoms with Crippen molar-refractivity contribution < 1.29 is 19.1 Å². The summed E-state index contributed by atoms with van der Waals surface area (Å²) in [6.07, 6.45) is 10.3. The maximum Gasteiger partial charge on any atom is 0.372 e. The van der Waals surface area contributed by atoms with Gasteiger partial charge in [0, 0.05) is 48.2 Å². The molecule has 0 amide bonds. The molecule has 226 valence electrons. The number of nitrogens with zero attached hydrogens (tertiary/aromatic N) is 2. The van der Waals surface area contributed by atoms with Crippen molar-refractivity contribution in [2.75, 3.05) is 38.7 Å². The van der Waals surface area contributed by atoms with Crippen LogP contribution in [0.5, 0.6) is 11.5 Å². The minimum Gasteiger partial charge on any atom is -0.418 e. The first-order valence-corrected chi connectivity index (χ1v) is 17.2. The molecule has 0 N–H and O–H groups in total. The van der Waals surface area contributed by atoms with Crippen molar-refractivity contribution in [1.29, 1.82) is 0 Å². The summed E-state index contributed by atoms with van der Waals surface area (Å²) in [6.45, 7) is 12.9. The lowest BCUT2D eigenvalue weighted by Gasteiger charge is -2.32. The molecule has 41 heavy (non-hydrogen) atoms. The van der Waals surface area contributed by atoms with Crippen molar-refractivity contribution in [3.8, 4) is 11.5 Å². The molecule has 2 heterocycles. The monoisotopic (exact) mass is 600 g/mol. The summed E-state index contributed by atoms with van der Waals surface area (Å²) in [4.78, 5) is 30.8. The highest BCUT2D eigenvalue weighted by Gasteiger charge is 2.34. The van der Waals surface area contributed by atoms with Crippen molar-refractivity contribution in [2.24, 2.45) is 5.92 Å². The van der Waals surface area contributed by atoms with Gasteiger partial charge in [0.2, 0.25) is 0 Å². The van der Waals surface area contributed by atoms with Crippen LogP contribution in [0.1, 0.15) is 82.8 Å². The molecule has 2 saturated heterocycles. The summed E-state index contributed by atoms with van der Waals surface area (Å²) >= 11 is 2.47. The molecule has 0 bridgehead atoms. The van der Waals surface area contributed by atoms with Crippen LogP contribution in [0.2, 0.25) is 0 Å². The Labute approximate surface area is 255 Å². The van der Waals surface area contributed by atoms with Crippen LogP contribution in [-0.2, 0) is 6.42 Å². The van der Waals surface area contributed by atoms with E-state index in [9.17, 15) is 9.59 Å². The third kappa shape index (κ3) is 9.63. The number of benzene rings is 1. The van der Waals surface area contributed by atoms with E-state index in [0.717, 1.165) is 92.7 Å². The summed E-state index contributed by atoms with van der Waals surface area (Å²) < 4.78 is 12.3. The maximum atomic E-state index is 13.1. The van der Waals surface area contributed by atoms with Crippen LogP contribution in [0.4, 0.5) is 9.59 Å². The summed E-state index contributed by atoms with van der Waals surface area (Å²) in [5, 5.41) is -0.604. The number of rotatable bonds is 14. The van der Waals surface area contributed by atoms with Gasteiger partial charge >= 0.3 is 10.6 Å². The number of carbonyl (C=O) groups is 2. The van der Waals surface area contributed by atoms with E-state index in [1.165, 1.54) is 29.1 Å². The van der Waals surface area contributed by atoms with Crippen LogP contribution < -0.4 is 9.47 Å². The van der Waals surface area contributed by atoms with E-state index in [1.54, 1.807) is 0 Å². The van der Waals surface area contributed by atoms with E-state index in [0.29, 0.717) is 23.6 Å². The highest BCUT2D eigenvalue weighted by atomic mass is 32.2. The molecule has 8 heteroatoms. The molecule has 0 aromatic heterocycles. The number of likely N-dealkylation sites (N-methyl/N-ethyl adjacent to an activating group) is 2. The molecule has 3 aliphatic rings. The van der Waals surface area contributed by atoms with Gasteiger partial charge in [-0.1, -0.05) is 43.6 Å². The Kier molecular flexibility index (Phi) is 11.9. The molecule has 0 spiro atoms. The summed E-state index contributed by atoms with van der Waals surface area (Å²) in [7, 11) is 4.21. The Bertz CT molecular complexity index is 1080. The van der Waals surface area contributed by atoms with Crippen LogP contribution in [0.3, 0.4) is 0 Å². The fourth-order valence-electron chi connectivity index (χ4n) is 5.77. The number of aryl methyl sites for hydroxylation is 1. The van der Waals surface area contributed by atoms with E-state index in [4.69, 9.17) is 9.47 Å². The lowest BCUT2D eigenvalue weighted by Crippen LogP contribution is -2.20. The fraction of sp³-hybridized carbons (Fsp3) is 0.636. The highest BCUT2D eigenvalue weighted by molar-refractivity contribution is 8.13. The van der Waals surface area contributed by atoms with Gasteiger partial charge < -0.3 is 19.3 Å². The quantitative estimate of drug-likeness (QED) is 0.0915. The minimum absolute atomic E-state index is 0.0771. The minimum atomic E-state index is -0.302. The number of ether oxygens (including phenoxy) is 2. The van der Waals surface area contributed by atoms with Gasteiger partial charge in [0.15, 0.2) is 0 Å². The van der Waals surface area contributed by atoms with Crippen LogP contribution in [-0.4, -0.2) is 71.2 Å². The maximum absolute atomic E-state index is 13.1. The van der Waals surface area contributed by atoms with E-state index >= 15 is 0 Å². The van der Waals surface area contributed by atoms with Gasteiger partial charge in [0.05, 0.1) is 0 Å². The van der Waals surface area contributed by atoms with Gasteiger partial charge in [-0.15, -0.1) is 0 Å². The van der Waals surface area contributed by atoms with Gasteiger partial charge in [-0.2, -0.15) is 0 Å². The Hall–Kier alpha value is -1.74. The second-order valence-corrected chi connectivity index (χ2v) is 14.2. The van der Waals surface area contributed by atoms with Crippen LogP contribution in [0, 0.1) is 5.92 Å². The number of allylic oxidation sites excluding steroid dienone is 3. The van der Waals surface area contributed by atoms with Crippen molar-refractivity contribution in [2.45, 2.75) is 90.1 Å². The SMILES string of the molecule is C=C(C)[C@@H]1CCC(C)=C[C@H]1c1c(OC(=O)SCCC2CN2C)cc(CCCCC)cc1OC(=O)SCCC1CN1C. The van der Waals surface area contributed by atoms with Gasteiger partial charge in [-0.05, 0) is 114 Å². The molecule has 2 fully saturated rings. The van der Waals surface area contributed by atoms with E-state index in [-0.39, 0.29) is 22.4 Å². The van der Waals surface area contributed by atoms with Crippen molar-refractivity contribution >= 4 is 34.1 Å². The number of thioether (sulfide) groups is 2. The van der Waals surface area contributed by atoms with E-state index in [1.807, 2.05) is 12.1 Å². The third-order valence-corrected chi connectivity index (χ3v) is 10.2. The van der Waals surface area contributed by atoms with Gasteiger partial charge in [0.1, 0.15) is 11.5 Å². The molecule has 1 aromatic rings. The first-order chi connectivity index (χ1) is 19.7. The summed E-state index contributed by atoms with van der Waals surface area (Å²) in [5.74, 6) is 2.60. The molecule has 6 atom stereocenters. The van der Waals surface area contributed by atoms with Gasteiger partial charge in [-0.3, -0.25) is 0 Å². The Morgan fingerprint density at radius 3 is 1.98 bits per heavy atom. The Morgan fingerprint density at radius 2 is 1.51 bits per heavy atom. The number of carbonyl (C=O) groups excluding carboxylic acids is 2.